The number of rotatable bonds is 4. The van der Waals surface area contributed by atoms with Gasteiger partial charge in [-0.15, -0.1) is 0 Å². The number of amides is 1. The summed E-state index contributed by atoms with van der Waals surface area (Å²) in [5.41, 5.74) is 0.500. The number of hydrogen-bond acceptors (Lipinski definition) is 5. The lowest BCUT2D eigenvalue weighted by molar-refractivity contribution is 0.0674. The summed E-state index contributed by atoms with van der Waals surface area (Å²) in [5, 5.41) is 0.417. The van der Waals surface area contributed by atoms with Crippen LogP contribution in [0.3, 0.4) is 0 Å². The molecule has 1 aromatic heterocycles. The summed E-state index contributed by atoms with van der Waals surface area (Å²) in [6.45, 7) is 3.70. The molecule has 0 saturated carbocycles. The number of carbonyl (C=O) groups excluding carboxylic acids is 1. The Morgan fingerprint density at radius 1 is 1.10 bits per heavy atom. The fourth-order valence-corrected chi connectivity index (χ4v) is 3.86. The zero-order chi connectivity index (χ0) is 22.0. The first-order valence-electron chi connectivity index (χ1n) is 9.68. The summed E-state index contributed by atoms with van der Waals surface area (Å²) in [6.07, 6.45) is 1.40. The molecule has 0 N–H and O–H groups in total. The summed E-state index contributed by atoms with van der Waals surface area (Å²) in [5.74, 6) is 0.762. The molecule has 0 aliphatic carbocycles. The Bertz CT molecular complexity index is 1110. The molecule has 1 atom stereocenters. The molecule has 4 rings (SSSR count). The number of halogens is 3. The number of benzene rings is 2. The SMILES string of the molecule is C[C@@H]1CN(c2cc(Oc3ccc(F)c(Cl)c3)ncn2)CCN1C(=O)c1ccccc1Cl. The van der Waals surface area contributed by atoms with E-state index in [9.17, 15) is 9.18 Å². The van der Waals surface area contributed by atoms with Crippen molar-refractivity contribution in [3.63, 3.8) is 0 Å². The number of anilines is 1. The molecule has 1 aliphatic rings. The lowest BCUT2D eigenvalue weighted by Gasteiger charge is -2.40. The van der Waals surface area contributed by atoms with Crippen LogP contribution in [0.1, 0.15) is 17.3 Å². The van der Waals surface area contributed by atoms with E-state index in [0.29, 0.717) is 47.7 Å². The zero-order valence-electron chi connectivity index (χ0n) is 16.6. The number of piperazine rings is 1. The summed E-state index contributed by atoms with van der Waals surface area (Å²) in [6, 6.07) is 12.8. The minimum atomic E-state index is -0.518. The molecule has 0 unspecified atom stereocenters. The molecule has 3 aromatic rings. The highest BCUT2D eigenvalue weighted by molar-refractivity contribution is 6.33. The quantitative estimate of drug-likeness (QED) is 0.544. The van der Waals surface area contributed by atoms with Crippen molar-refractivity contribution in [1.82, 2.24) is 14.9 Å². The first-order chi connectivity index (χ1) is 14.9. The van der Waals surface area contributed by atoms with Crippen LogP contribution in [0, 0.1) is 5.82 Å². The maximum Gasteiger partial charge on any atom is 0.255 e. The second-order valence-electron chi connectivity index (χ2n) is 7.17. The van der Waals surface area contributed by atoms with Crippen LogP contribution in [0.2, 0.25) is 10.0 Å². The fourth-order valence-electron chi connectivity index (χ4n) is 3.48. The van der Waals surface area contributed by atoms with Gasteiger partial charge >= 0.3 is 0 Å². The smallest absolute Gasteiger partial charge is 0.255 e. The minimum Gasteiger partial charge on any atom is -0.439 e. The molecule has 0 spiro atoms. The topological polar surface area (TPSA) is 58.6 Å². The van der Waals surface area contributed by atoms with E-state index < -0.39 is 5.82 Å². The second kappa shape index (κ2) is 9.08. The Morgan fingerprint density at radius 3 is 2.65 bits per heavy atom. The van der Waals surface area contributed by atoms with Crippen molar-refractivity contribution in [3.05, 3.63) is 76.3 Å². The van der Waals surface area contributed by atoms with E-state index >= 15 is 0 Å². The monoisotopic (exact) mass is 460 g/mol. The third-order valence-corrected chi connectivity index (χ3v) is 5.68. The average molecular weight is 461 g/mol. The van der Waals surface area contributed by atoms with Crippen molar-refractivity contribution in [1.29, 1.82) is 0 Å². The summed E-state index contributed by atoms with van der Waals surface area (Å²) in [7, 11) is 0. The average Bonchev–Trinajstić information content (AvgIpc) is 2.76. The lowest BCUT2D eigenvalue weighted by atomic mass is 10.1. The summed E-state index contributed by atoms with van der Waals surface area (Å²) in [4.78, 5) is 25.3. The highest BCUT2D eigenvalue weighted by Gasteiger charge is 2.29. The van der Waals surface area contributed by atoms with Crippen molar-refractivity contribution in [2.45, 2.75) is 13.0 Å². The van der Waals surface area contributed by atoms with Crippen molar-refractivity contribution < 1.29 is 13.9 Å². The number of ether oxygens (including phenoxy) is 1. The number of aromatic nitrogens is 2. The molecule has 0 bridgehead atoms. The first-order valence-corrected chi connectivity index (χ1v) is 10.4. The van der Waals surface area contributed by atoms with Crippen LogP contribution in [0.4, 0.5) is 10.2 Å². The van der Waals surface area contributed by atoms with Gasteiger partial charge in [0, 0.05) is 37.8 Å². The molecule has 2 aromatic carbocycles. The summed E-state index contributed by atoms with van der Waals surface area (Å²) < 4.78 is 19.0. The fraction of sp³-hybridized carbons (Fsp3) is 0.227. The molecule has 31 heavy (non-hydrogen) atoms. The predicted octanol–water partition coefficient (Wildman–Crippen LogP) is 5.07. The molecule has 160 valence electrons. The van der Waals surface area contributed by atoms with Gasteiger partial charge in [0.05, 0.1) is 15.6 Å². The Morgan fingerprint density at radius 2 is 1.90 bits per heavy atom. The van der Waals surface area contributed by atoms with Crippen molar-refractivity contribution in [2.24, 2.45) is 0 Å². The molecular formula is C22H19Cl2FN4O2. The van der Waals surface area contributed by atoms with Crippen LogP contribution in [0.5, 0.6) is 11.6 Å². The molecule has 2 heterocycles. The van der Waals surface area contributed by atoms with E-state index in [2.05, 4.69) is 14.9 Å². The molecule has 1 saturated heterocycles. The number of nitrogens with zero attached hydrogens (tertiary/aromatic N) is 4. The van der Waals surface area contributed by atoms with Gasteiger partial charge in [0.15, 0.2) is 0 Å². The van der Waals surface area contributed by atoms with Gasteiger partial charge in [0.25, 0.3) is 5.91 Å². The number of carbonyl (C=O) groups is 1. The Labute approximate surface area is 189 Å². The highest BCUT2D eigenvalue weighted by Crippen LogP contribution is 2.27. The largest absolute Gasteiger partial charge is 0.439 e. The van der Waals surface area contributed by atoms with Gasteiger partial charge in [-0.25, -0.2) is 14.4 Å². The highest BCUT2D eigenvalue weighted by atomic mass is 35.5. The predicted molar refractivity (Wildman–Crippen MR) is 118 cm³/mol. The third kappa shape index (κ3) is 4.73. The van der Waals surface area contributed by atoms with E-state index in [1.807, 2.05) is 11.8 Å². The van der Waals surface area contributed by atoms with E-state index in [1.165, 1.54) is 24.5 Å². The van der Waals surface area contributed by atoms with E-state index in [0.717, 1.165) is 0 Å². The van der Waals surface area contributed by atoms with Crippen molar-refractivity contribution in [3.8, 4) is 11.6 Å². The summed E-state index contributed by atoms with van der Waals surface area (Å²) >= 11 is 12.0. The molecule has 9 heteroatoms. The standard InChI is InChI=1S/C22H19Cl2FN4O2/c1-14-12-28(8-9-29(14)22(30)16-4-2-3-5-17(16)23)20-11-21(27-13-26-20)31-15-6-7-19(25)18(24)10-15/h2-7,10-11,13-14H,8-9,12H2,1H3/t14-/m1/s1. The minimum absolute atomic E-state index is 0.0279. The van der Waals surface area contributed by atoms with Gasteiger partial charge in [-0.3, -0.25) is 4.79 Å². The van der Waals surface area contributed by atoms with Gasteiger partial charge in [-0.05, 0) is 31.2 Å². The molecule has 1 amide bonds. The number of hydrogen-bond donors (Lipinski definition) is 0. The van der Waals surface area contributed by atoms with Crippen LogP contribution in [-0.2, 0) is 0 Å². The van der Waals surface area contributed by atoms with Crippen LogP contribution >= 0.6 is 23.2 Å². The normalized spacial score (nSPS) is 16.3. The van der Waals surface area contributed by atoms with Gasteiger partial charge in [0.1, 0.15) is 23.7 Å². The molecule has 6 nitrogen and oxygen atoms in total. The van der Waals surface area contributed by atoms with Gasteiger partial charge in [0.2, 0.25) is 5.88 Å². The van der Waals surface area contributed by atoms with Crippen LogP contribution < -0.4 is 9.64 Å². The molecule has 1 aliphatic heterocycles. The van der Waals surface area contributed by atoms with E-state index in [-0.39, 0.29) is 17.0 Å². The molecular weight excluding hydrogens is 442 g/mol. The molecule has 0 radical (unpaired) electrons. The van der Waals surface area contributed by atoms with Crippen LogP contribution in [-0.4, -0.2) is 46.5 Å². The lowest BCUT2D eigenvalue weighted by Crippen LogP contribution is -2.54. The van der Waals surface area contributed by atoms with Gasteiger partial charge in [-0.2, -0.15) is 0 Å². The van der Waals surface area contributed by atoms with E-state index in [4.69, 9.17) is 27.9 Å². The maximum absolute atomic E-state index is 13.3. The Hall–Kier alpha value is -2.90. The second-order valence-corrected chi connectivity index (χ2v) is 7.98. The van der Waals surface area contributed by atoms with Crippen LogP contribution in [0.15, 0.2) is 54.9 Å². The maximum atomic E-state index is 13.3. The third-order valence-electron chi connectivity index (χ3n) is 5.06. The Kier molecular flexibility index (Phi) is 6.25. The van der Waals surface area contributed by atoms with Crippen molar-refractivity contribution in [2.75, 3.05) is 24.5 Å². The van der Waals surface area contributed by atoms with Crippen LogP contribution in [0.25, 0.3) is 0 Å². The van der Waals surface area contributed by atoms with E-state index in [1.54, 1.807) is 30.3 Å². The van der Waals surface area contributed by atoms with Crippen molar-refractivity contribution >= 4 is 34.9 Å². The first kappa shape index (κ1) is 21.3. The van der Waals surface area contributed by atoms with Gasteiger partial charge < -0.3 is 14.5 Å². The Balaban J connectivity index is 1.45. The molecule has 1 fully saturated rings. The van der Waals surface area contributed by atoms with Gasteiger partial charge in [-0.1, -0.05) is 35.3 Å². The zero-order valence-corrected chi connectivity index (χ0v) is 18.1.